The summed E-state index contributed by atoms with van der Waals surface area (Å²) in [6.45, 7) is 0. The predicted octanol–water partition coefficient (Wildman–Crippen LogP) is 0.468. The van der Waals surface area contributed by atoms with Gasteiger partial charge in [-0.3, -0.25) is 4.98 Å². The Morgan fingerprint density at radius 3 is 2.71 bits per heavy atom. The first-order valence-electron chi connectivity index (χ1n) is 4.75. The molecule has 1 aromatic rings. The first kappa shape index (κ1) is 9.43. The van der Waals surface area contributed by atoms with Gasteiger partial charge in [0.05, 0.1) is 6.10 Å². The van der Waals surface area contributed by atoms with Gasteiger partial charge in [-0.2, -0.15) is 0 Å². The molecule has 4 nitrogen and oxygen atoms in total. The zero-order valence-electron chi connectivity index (χ0n) is 7.80. The molecular weight excluding hydrogens is 180 g/mol. The van der Waals surface area contributed by atoms with Gasteiger partial charge < -0.3 is 15.9 Å². The van der Waals surface area contributed by atoms with E-state index in [1.54, 1.807) is 12.3 Å². The third-order valence-corrected chi connectivity index (χ3v) is 2.63. The van der Waals surface area contributed by atoms with Crippen LogP contribution in [0.4, 0.5) is 5.69 Å². The number of rotatable bonds is 3. The summed E-state index contributed by atoms with van der Waals surface area (Å²) in [6.07, 6.45) is 3.43. The van der Waals surface area contributed by atoms with Crippen molar-refractivity contribution in [1.82, 2.24) is 4.98 Å². The number of nitrogens with zero attached hydrogens (tertiary/aromatic N) is 1. The first-order chi connectivity index (χ1) is 6.70. The van der Waals surface area contributed by atoms with Gasteiger partial charge in [-0.25, -0.2) is 0 Å². The van der Waals surface area contributed by atoms with Crippen LogP contribution in [-0.2, 0) is 0 Å². The molecule has 2 unspecified atom stereocenters. The Balaban J connectivity index is 2.17. The van der Waals surface area contributed by atoms with Crippen LogP contribution in [0.3, 0.4) is 0 Å². The third-order valence-electron chi connectivity index (χ3n) is 2.63. The van der Waals surface area contributed by atoms with Gasteiger partial charge in [0.2, 0.25) is 0 Å². The maximum atomic E-state index is 9.81. The number of aliphatic hydroxyl groups is 2. The summed E-state index contributed by atoms with van der Waals surface area (Å²) in [5.74, 6) is 0.226. The van der Waals surface area contributed by atoms with Gasteiger partial charge in [-0.1, -0.05) is 0 Å². The number of aromatic nitrogens is 1. The minimum Gasteiger partial charge on any atom is -0.398 e. The average Bonchev–Trinajstić information content (AvgIpc) is 3.00. The van der Waals surface area contributed by atoms with Crippen molar-refractivity contribution < 1.29 is 10.2 Å². The normalized spacial score (nSPS) is 20.4. The van der Waals surface area contributed by atoms with Crippen LogP contribution in [-0.4, -0.2) is 21.3 Å². The van der Waals surface area contributed by atoms with Crippen molar-refractivity contribution in [3.05, 3.63) is 24.0 Å². The summed E-state index contributed by atoms with van der Waals surface area (Å²) in [4.78, 5) is 3.88. The number of nitrogens with two attached hydrogens (primary N) is 1. The molecule has 76 valence electrons. The summed E-state index contributed by atoms with van der Waals surface area (Å²) >= 11 is 0. The molecule has 2 atom stereocenters. The lowest BCUT2D eigenvalue weighted by Crippen LogP contribution is -2.21. The Morgan fingerprint density at radius 1 is 1.43 bits per heavy atom. The highest BCUT2D eigenvalue weighted by Crippen LogP contribution is 2.38. The molecule has 0 bridgehead atoms. The SMILES string of the molecule is Nc1ccncc1C(O)C(O)C1CC1. The Kier molecular flexibility index (Phi) is 2.39. The molecule has 0 spiro atoms. The molecule has 0 aromatic carbocycles. The number of pyridine rings is 1. The zero-order valence-corrected chi connectivity index (χ0v) is 7.80. The molecule has 1 aliphatic rings. The molecule has 0 radical (unpaired) electrons. The fourth-order valence-electron chi connectivity index (χ4n) is 1.54. The summed E-state index contributed by atoms with van der Waals surface area (Å²) < 4.78 is 0. The van der Waals surface area contributed by atoms with E-state index in [0.717, 1.165) is 12.8 Å². The first-order valence-corrected chi connectivity index (χ1v) is 4.75. The highest BCUT2D eigenvalue weighted by molar-refractivity contribution is 5.46. The molecule has 2 rings (SSSR count). The van der Waals surface area contributed by atoms with Crippen LogP contribution in [0, 0.1) is 5.92 Å². The minimum absolute atomic E-state index is 0.226. The summed E-state index contributed by atoms with van der Waals surface area (Å²) in [6, 6.07) is 1.62. The second kappa shape index (κ2) is 3.55. The van der Waals surface area contributed by atoms with Crippen molar-refractivity contribution in [2.45, 2.75) is 25.0 Å². The maximum absolute atomic E-state index is 9.81. The van der Waals surface area contributed by atoms with Crippen molar-refractivity contribution in [1.29, 1.82) is 0 Å². The number of anilines is 1. The van der Waals surface area contributed by atoms with Gasteiger partial charge in [0.25, 0.3) is 0 Å². The minimum atomic E-state index is -0.906. The Morgan fingerprint density at radius 2 is 2.14 bits per heavy atom. The Hall–Kier alpha value is -1.13. The Labute approximate surface area is 82.4 Å². The summed E-state index contributed by atoms with van der Waals surface area (Å²) in [5.41, 5.74) is 6.67. The topological polar surface area (TPSA) is 79.4 Å². The second-order valence-electron chi connectivity index (χ2n) is 3.78. The van der Waals surface area contributed by atoms with Gasteiger partial charge in [-0.15, -0.1) is 0 Å². The van der Waals surface area contributed by atoms with Crippen LogP contribution in [0.5, 0.6) is 0 Å². The maximum Gasteiger partial charge on any atom is 0.109 e. The van der Waals surface area contributed by atoms with Gasteiger partial charge >= 0.3 is 0 Å². The van der Waals surface area contributed by atoms with Gasteiger partial charge in [0.1, 0.15) is 6.10 Å². The van der Waals surface area contributed by atoms with E-state index in [1.165, 1.54) is 6.20 Å². The lowest BCUT2D eigenvalue weighted by molar-refractivity contribution is 0.00508. The molecule has 14 heavy (non-hydrogen) atoms. The highest BCUT2D eigenvalue weighted by atomic mass is 16.3. The smallest absolute Gasteiger partial charge is 0.109 e. The van der Waals surface area contributed by atoms with Crippen LogP contribution in [0.2, 0.25) is 0 Å². The van der Waals surface area contributed by atoms with Crippen molar-refractivity contribution >= 4 is 5.69 Å². The van der Waals surface area contributed by atoms with E-state index in [9.17, 15) is 10.2 Å². The molecule has 1 saturated carbocycles. The predicted molar refractivity (Wildman–Crippen MR) is 52.3 cm³/mol. The van der Waals surface area contributed by atoms with E-state index < -0.39 is 12.2 Å². The molecule has 4 N–H and O–H groups in total. The number of aliphatic hydroxyl groups excluding tert-OH is 2. The van der Waals surface area contributed by atoms with Crippen LogP contribution < -0.4 is 5.73 Å². The molecule has 1 heterocycles. The standard InChI is InChI=1S/C10H14N2O2/c11-8-3-4-12-5-7(8)10(14)9(13)6-1-2-6/h3-6,9-10,13-14H,1-2H2,(H2,11,12). The second-order valence-corrected chi connectivity index (χ2v) is 3.78. The lowest BCUT2D eigenvalue weighted by Gasteiger charge is -2.18. The van der Waals surface area contributed by atoms with E-state index >= 15 is 0 Å². The zero-order chi connectivity index (χ0) is 10.1. The van der Waals surface area contributed by atoms with Crippen LogP contribution >= 0.6 is 0 Å². The number of hydrogen-bond acceptors (Lipinski definition) is 4. The molecule has 1 aliphatic carbocycles. The lowest BCUT2D eigenvalue weighted by atomic mass is 10.0. The Bertz CT molecular complexity index is 326. The van der Waals surface area contributed by atoms with E-state index in [4.69, 9.17) is 5.73 Å². The quantitative estimate of drug-likeness (QED) is 0.653. The summed E-state index contributed by atoms with van der Waals surface area (Å²) in [7, 11) is 0. The highest BCUT2D eigenvalue weighted by Gasteiger charge is 2.35. The number of hydrogen-bond donors (Lipinski definition) is 3. The van der Waals surface area contributed by atoms with Crippen molar-refractivity contribution in [3.63, 3.8) is 0 Å². The van der Waals surface area contributed by atoms with Crippen molar-refractivity contribution in [3.8, 4) is 0 Å². The van der Waals surface area contributed by atoms with Gasteiger partial charge in [-0.05, 0) is 24.8 Å². The van der Waals surface area contributed by atoms with Crippen LogP contribution in [0.15, 0.2) is 18.5 Å². The fourth-order valence-corrected chi connectivity index (χ4v) is 1.54. The molecule has 0 saturated heterocycles. The molecule has 1 fully saturated rings. The largest absolute Gasteiger partial charge is 0.398 e. The van der Waals surface area contributed by atoms with Gasteiger partial charge in [0, 0.05) is 23.6 Å². The molecule has 1 aromatic heterocycles. The molecule has 0 aliphatic heterocycles. The molecular formula is C10H14N2O2. The van der Waals surface area contributed by atoms with Crippen LogP contribution in [0.25, 0.3) is 0 Å². The van der Waals surface area contributed by atoms with E-state index in [2.05, 4.69) is 4.98 Å². The summed E-state index contributed by atoms with van der Waals surface area (Å²) in [5, 5.41) is 19.5. The number of nitrogen functional groups attached to an aromatic ring is 1. The van der Waals surface area contributed by atoms with E-state index in [-0.39, 0.29) is 5.92 Å². The third kappa shape index (κ3) is 1.71. The van der Waals surface area contributed by atoms with E-state index in [0.29, 0.717) is 11.3 Å². The van der Waals surface area contributed by atoms with Crippen molar-refractivity contribution in [2.24, 2.45) is 5.92 Å². The monoisotopic (exact) mass is 194 g/mol. The van der Waals surface area contributed by atoms with E-state index in [1.807, 2.05) is 0 Å². The van der Waals surface area contributed by atoms with Crippen LogP contribution in [0.1, 0.15) is 24.5 Å². The van der Waals surface area contributed by atoms with Gasteiger partial charge in [0.15, 0.2) is 0 Å². The molecule has 4 heteroatoms. The molecule has 0 amide bonds. The average molecular weight is 194 g/mol. The fraction of sp³-hybridized carbons (Fsp3) is 0.500. The van der Waals surface area contributed by atoms with Crippen molar-refractivity contribution in [2.75, 3.05) is 5.73 Å².